The predicted octanol–water partition coefficient (Wildman–Crippen LogP) is 0.748. The van der Waals surface area contributed by atoms with Crippen LogP contribution in [0.25, 0.3) is 0 Å². The Morgan fingerprint density at radius 3 is 2.11 bits per heavy atom. The number of nitrogens with zero attached hydrogens (tertiary/aromatic N) is 1. The van der Waals surface area contributed by atoms with E-state index in [-0.39, 0.29) is 26.7 Å². The first kappa shape index (κ1) is 12.1. The van der Waals surface area contributed by atoms with E-state index in [0.717, 1.165) is 25.9 Å². The summed E-state index contributed by atoms with van der Waals surface area (Å²) in [6, 6.07) is 4.04. The lowest BCUT2D eigenvalue weighted by Gasteiger charge is -2.20. The first-order valence-corrected chi connectivity index (χ1v) is 6.71. The third-order valence-corrected chi connectivity index (χ3v) is 3.85. The smallest absolute Gasteiger partial charge is 0.213 e. The fourth-order valence-corrected chi connectivity index (χ4v) is 2.83. The second-order valence-electron chi connectivity index (χ2n) is 5.11. The topological polar surface area (TPSA) is 54.5 Å². The predicted molar refractivity (Wildman–Crippen MR) is 73.6 cm³/mol. The van der Waals surface area contributed by atoms with Gasteiger partial charge in [-0.3, -0.25) is 14.4 Å². The highest BCUT2D eigenvalue weighted by Gasteiger charge is 2.17. The van der Waals surface area contributed by atoms with Crippen molar-refractivity contribution in [3.8, 4) is 0 Å². The van der Waals surface area contributed by atoms with Gasteiger partial charge in [-0.2, -0.15) is 0 Å². The Morgan fingerprint density at radius 1 is 0.842 bits per heavy atom. The third kappa shape index (κ3) is 1.97. The second kappa shape index (κ2) is 4.61. The molecule has 0 atom stereocenters. The molecule has 0 aromatic heterocycles. The fourth-order valence-electron chi connectivity index (χ4n) is 2.83. The Kier molecular flexibility index (Phi) is 2.93. The molecule has 0 aromatic rings. The summed E-state index contributed by atoms with van der Waals surface area (Å²) in [4.78, 5) is 37.9. The highest BCUT2D eigenvalue weighted by atomic mass is 16.1. The summed E-state index contributed by atoms with van der Waals surface area (Å²) >= 11 is 0. The van der Waals surface area contributed by atoms with E-state index < -0.39 is 0 Å². The molecule has 1 saturated heterocycles. The van der Waals surface area contributed by atoms with Crippen LogP contribution < -0.4 is 21.2 Å². The maximum atomic E-state index is 12.3. The van der Waals surface area contributed by atoms with Crippen LogP contribution in [0.15, 0.2) is 32.6 Å². The molecule has 98 valence electrons. The van der Waals surface area contributed by atoms with Gasteiger partial charge in [0, 0.05) is 18.3 Å². The molecule has 0 aromatic carbocycles. The van der Waals surface area contributed by atoms with Gasteiger partial charge in [0.2, 0.25) is 5.43 Å². The van der Waals surface area contributed by atoms with Crippen molar-refractivity contribution >= 4 is 5.69 Å². The largest absolute Gasteiger partial charge is 0.368 e. The van der Waals surface area contributed by atoms with Crippen molar-refractivity contribution < 1.29 is 0 Å². The third-order valence-electron chi connectivity index (χ3n) is 3.85. The van der Waals surface area contributed by atoms with E-state index in [1.54, 1.807) is 6.07 Å². The van der Waals surface area contributed by atoms with Gasteiger partial charge >= 0.3 is 0 Å². The van der Waals surface area contributed by atoms with Crippen molar-refractivity contribution in [3.05, 3.63) is 59.3 Å². The van der Waals surface area contributed by atoms with Crippen LogP contribution in [0.1, 0.15) is 25.7 Å². The molecule has 1 fully saturated rings. The molecule has 0 radical (unpaired) electrons. The summed E-state index contributed by atoms with van der Waals surface area (Å²) < 4.78 is 0. The van der Waals surface area contributed by atoms with Crippen molar-refractivity contribution in [2.45, 2.75) is 25.7 Å². The Balaban J connectivity index is 2.22. The van der Waals surface area contributed by atoms with Crippen molar-refractivity contribution in [2.75, 3.05) is 18.0 Å². The molecule has 4 heteroatoms. The minimum Gasteiger partial charge on any atom is -0.368 e. The highest BCUT2D eigenvalue weighted by molar-refractivity contribution is 5.49. The molecule has 3 aliphatic rings. The average molecular weight is 257 g/mol. The van der Waals surface area contributed by atoms with Crippen molar-refractivity contribution in [1.82, 2.24) is 0 Å². The zero-order valence-electron chi connectivity index (χ0n) is 10.6. The minimum atomic E-state index is -0.347. The lowest BCUT2D eigenvalue weighted by molar-refractivity contribution is 0.726. The summed E-state index contributed by atoms with van der Waals surface area (Å²) in [5, 5.41) is 0.337. The first-order chi connectivity index (χ1) is 9.18. The van der Waals surface area contributed by atoms with E-state index in [4.69, 9.17) is 0 Å². The van der Waals surface area contributed by atoms with Crippen LogP contribution in [0, 0.1) is 10.4 Å². The number of rotatable bonds is 1. The first-order valence-electron chi connectivity index (χ1n) is 6.71. The molecule has 3 rings (SSSR count). The minimum absolute atomic E-state index is 0.0618. The van der Waals surface area contributed by atoms with Gasteiger partial charge < -0.3 is 4.90 Å². The van der Waals surface area contributed by atoms with E-state index in [9.17, 15) is 14.4 Å². The van der Waals surface area contributed by atoms with Crippen LogP contribution in [0.2, 0.25) is 0 Å². The van der Waals surface area contributed by atoms with Gasteiger partial charge in [0.25, 0.3) is 0 Å². The molecule has 1 aliphatic heterocycles. The molecular formula is C15H15NO3. The van der Waals surface area contributed by atoms with E-state index in [1.807, 2.05) is 4.90 Å². The van der Waals surface area contributed by atoms with Gasteiger partial charge in [0.1, 0.15) is 0 Å². The van der Waals surface area contributed by atoms with Crippen LogP contribution >= 0.6 is 0 Å². The van der Waals surface area contributed by atoms with Crippen LogP contribution in [0.4, 0.5) is 5.69 Å². The molecule has 1 heterocycles. The van der Waals surface area contributed by atoms with E-state index >= 15 is 0 Å². The molecular weight excluding hydrogens is 242 g/mol. The molecule has 0 unspecified atom stereocenters. The van der Waals surface area contributed by atoms with Crippen LogP contribution in [0.3, 0.4) is 0 Å². The van der Waals surface area contributed by atoms with E-state index in [0.29, 0.717) is 5.69 Å². The monoisotopic (exact) mass is 257 g/mol. The zero-order chi connectivity index (χ0) is 13.4. The van der Waals surface area contributed by atoms with Gasteiger partial charge in [0.15, 0.2) is 10.9 Å². The second-order valence-corrected chi connectivity index (χ2v) is 5.11. The Hall–Kier alpha value is -1.97. The molecule has 0 N–H and O–H groups in total. The summed E-state index contributed by atoms with van der Waals surface area (Å²) in [7, 11) is 0. The van der Waals surface area contributed by atoms with Crippen LogP contribution in [0.5, 0.6) is 0 Å². The summed E-state index contributed by atoms with van der Waals surface area (Å²) in [5.41, 5.74) is -0.342. The van der Waals surface area contributed by atoms with Gasteiger partial charge in [-0.1, -0.05) is 12.8 Å². The van der Waals surface area contributed by atoms with E-state index in [1.165, 1.54) is 25.0 Å². The molecule has 0 bridgehead atoms. The molecule has 0 saturated carbocycles. The molecule has 0 spiro atoms. The Morgan fingerprint density at radius 2 is 1.47 bits per heavy atom. The number of hydrogen-bond acceptors (Lipinski definition) is 4. The van der Waals surface area contributed by atoms with Gasteiger partial charge in [-0.25, -0.2) is 0 Å². The number of hydrogen-bond donors (Lipinski definition) is 0. The summed E-state index contributed by atoms with van der Waals surface area (Å²) in [6.07, 6.45) is 4.44. The fraction of sp³-hybridized carbons (Fsp3) is 0.400. The van der Waals surface area contributed by atoms with E-state index in [2.05, 4.69) is 0 Å². The summed E-state index contributed by atoms with van der Waals surface area (Å²) in [6.45, 7) is 1.65. The zero-order valence-corrected chi connectivity index (χ0v) is 10.6. The summed E-state index contributed by atoms with van der Waals surface area (Å²) in [5.74, 6) is 0. The lowest BCUT2D eigenvalue weighted by atomic mass is 10.2. The van der Waals surface area contributed by atoms with Crippen molar-refractivity contribution in [3.63, 3.8) is 0 Å². The van der Waals surface area contributed by atoms with Crippen molar-refractivity contribution in [2.24, 2.45) is 0 Å². The van der Waals surface area contributed by atoms with Gasteiger partial charge in [-0.15, -0.1) is 0 Å². The van der Waals surface area contributed by atoms with Gasteiger partial charge in [-0.05, 0) is 31.0 Å². The molecule has 2 aliphatic carbocycles. The highest BCUT2D eigenvalue weighted by Crippen LogP contribution is 2.16. The van der Waals surface area contributed by atoms with Crippen molar-refractivity contribution in [1.29, 1.82) is 0 Å². The van der Waals surface area contributed by atoms with Crippen LogP contribution in [-0.4, -0.2) is 13.1 Å². The normalized spacial score (nSPS) is 16.7. The molecule has 19 heavy (non-hydrogen) atoms. The maximum absolute atomic E-state index is 12.3. The number of anilines is 1. The average Bonchev–Trinajstić information content (AvgIpc) is 2.61. The van der Waals surface area contributed by atoms with Crippen LogP contribution in [-0.2, 0) is 0 Å². The Labute approximate surface area is 109 Å². The molecule has 0 amide bonds. The quantitative estimate of drug-likeness (QED) is 0.756. The van der Waals surface area contributed by atoms with Gasteiger partial charge in [0.05, 0.1) is 10.9 Å². The Bertz CT molecular complexity index is 794. The molecule has 4 nitrogen and oxygen atoms in total. The lowest BCUT2D eigenvalue weighted by Crippen LogP contribution is -2.28. The maximum Gasteiger partial charge on any atom is 0.213 e. The standard InChI is InChI=1S/C15H15NO3/c17-12-5-6-13(18)14-10(12)9-11(15(14)19)16-7-3-1-2-4-8-16/h5-6,9H,1-4,7-8H2. The SMILES string of the molecule is O=c1ccc(=O)c2c(=O)c(N3CCCCCC3)cc1=2.